The summed E-state index contributed by atoms with van der Waals surface area (Å²) < 4.78 is 47.5. The minimum absolute atomic E-state index is 0.00683. The summed E-state index contributed by atoms with van der Waals surface area (Å²) >= 11 is 6.10. The van der Waals surface area contributed by atoms with E-state index in [-0.39, 0.29) is 87.6 Å². The molecule has 0 bridgehead atoms. The van der Waals surface area contributed by atoms with Gasteiger partial charge in [0.1, 0.15) is 13.1 Å². The van der Waals surface area contributed by atoms with Crippen LogP contribution < -0.4 is 16.0 Å². The van der Waals surface area contributed by atoms with Gasteiger partial charge in [-0.3, -0.25) is 9.59 Å². The number of carbonyl (C=O) groups excluding carboxylic acids is 3. The molecule has 4 aliphatic heterocycles. The van der Waals surface area contributed by atoms with Crippen LogP contribution in [-0.2, 0) is 38.1 Å². The van der Waals surface area contributed by atoms with Crippen molar-refractivity contribution < 1.29 is 52.1 Å². The number of ether oxygens (including phenoxy) is 1. The van der Waals surface area contributed by atoms with Gasteiger partial charge in [-0.05, 0) is 55.5 Å². The number of carboxylic acids is 2. The number of hydrogen-bond donors (Lipinski definition) is 4. The molecule has 2 aromatic rings. The van der Waals surface area contributed by atoms with Crippen molar-refractivity contribution in [2.45, 2.75) is 82.2 Å². The zero-order valence-corrected chi connectivity index (χ0v) is 31.7. The molecular formula is C38H46ClF3N6O8+. The molecule has 3 saturated heterocycles. The maximum atomic E-state index is 14.2. The lowest BCUT2D eigenvalue weighted by Gasteiger charge is -2.43. The van der Waals surface area contributed by atoms with Crippen LogP contribution >= 0.6 is 11.6 Å². The van der Waals surface area contributed by atoms with Gasteiger partial charge in [-0.1, -0.05) is 29.8 Å². The Kier molecular flexibility index (Phi) is 11.7. The third kappa shape index (κ3) is 8.33. The van der Waals surface area contributed by atoms with E-state index < -0.39 is 64.8 Å². The zero-order chi connectivity index (χ0) is 40.6. The highest BCUT2D eigenvalue weighted by Gasteiger charge is 2.58. The molecule has 3 fully saturated rings. The average molecular weight is 807 g/mol. The molecule has 14 nitrogen and oxygen atoms in total. The summed E-state index contributed by atoms with van der Waals surface area (Å²) in [6, 6.07) is 9.08. The topological polar surface area (TPSA) is 189 Å². The van der Waals surface area contributed by atoms with E-state index in [1.807, 2.05) is 24.3 Å². The maximum absolute atomic E-state index is 14.2. The Bertz CT molecular complexity index is 1860. The first-order valence-corrected chi connectivity index (χ1v) is 19.1. The zero-order valence-electron chi connectivity index (χ0n) is 30.9. The highest BCUT2D eigenvalue weighted by atomic mass is 35.5. The summed E-state index contributed by atoms with van der Waals surface area (Å²) in [5, 5.41) is 22.6. The molecule has 56 heavy (non-hydrogen) atoms. The van der Waals surface area contributed by atoms with E-state index in [2.05, 4.69) is 5.32 Å². The summed E-state index contributed by atoms with van der Waals surface area (Å²) in [6.07, 6.45) is -5.81. The van der Waals surface area contributed by atoms with Gasteiger partial charge in [0.2, 0.25) is 5.54 Å². The summed E-state index contributed by atoms with van der Waals surface area (Å²) in [5.41, 5.74) is 3.11. The SMILES string of the molecule is CC1(C(=O)O)CC[N+](C2(C(=O)O)CCN(C(=O)[C@@H](Cc3cc(Cl)c(N)c(C(F)(F)F)c3)OC(=O)N3CCC(N4CCc5ccccc5NC4=O)CC3)CC2)CC1. The van der Waals surface area contributed by atoms with Crippen molar-refractivity contribution >= 4 is 52.9 Å². The number of nitrogens with two attached hydrogens (primary N) is 1. The molecule has 0 spiro atoms. The number of piperidine rings is 3. The number of amides is 4. The van der Waals surface area contributed by atoms with Gasteiger partial charge < -0.3 is 40.7 Å². The van der Waals surface area contributed by atoms with Gasteiger partial charge in [0.15, 0.2) is 6.10 Å². The normalized spacial score (nSPS) is 21.0. The summed E-state index contributed by atoms with van der Waals surface area (Å²) in [6.45, 7) is 2.83. The van der Waals surface area contributed by atoms with Crippen LogP contribution in [0, 0.1) is 5.41 Å². The Morgan fingerprint density at radius 3 is 2.23 bits per heavy atom. The number of anilines is 2. The molecule has 1 atom stereocenters. The average Bonchev–Trinajstić information content (AvgIpc) is 3.33. The number of rotatable bonds is 8. The standard InChI is InChI=1S/C38H46ClF3N6O8/c1-36(32(50)51)9-18-47(19-10-36)37(33(52)53)11-16-45(17-12-37)31(49)29(22-23-20-26(38(40,41)42)30(43)27(39)21-23)56-35(55)46-13-7-25(8-14-46)48-15-6-24-4-2-3-5-28(24)44-34(48)54/h2-5,20-21,25,29H,6-19,22,43H2,1H3,(H,44,54)(H,50,51)(H,52,53)/q+1/t29-/m1/s1. The molecular weight excluding hydrogens is 761 g/mol. The number of benzene rings is 2. The number of nitrogen functional groups attached to an aromatic ring is 1. The number of alkyl halides is 3. The summed E-state index contributed by atoms with van der Waals surface area (Å²) in [4.78, 5) is 71.7. The van der Waals surface area contributed by atoms with Crippen LogP contribution in [0.3, 0.4) is 0 Å². The Morgan fingerprint density at radius 2 is 1.62 bits per heavy atom. The van der Waals surface area contributed by atoms with Crippen molar-refractivity contribution in [3.8, 4) is 0 Å². The van der Waals surface area contributed by atoms with E-state index in [0.717, 1.165) is 17.3 Å². The van der Waals surface area contributed by atoms with E-state index in [1.165, 1.54) is 15.9 Å². The van der Waals surface area contributed by atoms with Gasteiger partial charge >= 0.3 is 30.2 Å². The second-order valence-electron chi connectivity index (χ2n) is 15.4. The number of urea groups is 1. The van der Waals surface area contributed by atoms with E-state index in [4.69, 9.17) is 22.1 Å². The second kappa shape index (κ2) is 16.0. The van der Waals surface area contributed by atoms with Crippen LogP contribution in [0.25, 0.3) is 0 Å². The van der Waals surface area contributed by atoms with Gasteiger partial charge in [0, 0.05) is 76.6 Å². The van der Waals surface area contributed by atoms with Gasteiger partial charge in [0.25, 0.3) is 5.91 Å². The molecule has 5 N–H and O–H groups in total. The smallest absolute Gasteiger partial charge is 0.418 e. The number of carbonyl (C=O) groups is 5. The first-order valence-electron chi connectivity index (χ1n) is 18.7. The fourth-order valence-corrected chi connectivity index (χ4v) is 8.56. The molecule has 4 aliphatic rings. The van der Waals surface area contributed by atoms with Crippen molar-refractivity contribution in [2.75, 3.05) is 56.9 Å². The largest absolute Gasteiger partial charge is 0.481 e. The van der Waals surface area contributed by atoms with E-state index in [9.17, 15) is 47.4 Å². The molecule has 2 aromatic carbocycles. The fourth-order valence-electron chi connectivity index (χ4n) is 8.32. The number of para-hydroxylation sites is 1. The highest BCUT2D eigenvalue weighted by Crippen LogP contribution is 2.39. The van der Waals surface area contributed by atoms with E-state index in [1.54, 1.807) is 16.7 Å². The highest BCUT2D eigenvalue weighted by molar-refractivity contribution is 6.33. The molecule has 18 heteroatoms. The molecule has 4 heterocycles. The quantitative estimate of drug-likeness (QED) is 0.210. The molecule has 0 aromatic heterocycles. The number of fused-ring (bicyclic) bond motifs is 1. The third-order valence-corrected chi connectivity index (χ3v) is 12.3. The van der Waals surface area contributed by atoms with Gasteiger partial charge in [-0.2, -0.15) is 18.1 Å². The third-order valence-electron chi connectivity index (χ3n) is 12.0. The second-order valence-corrected chi connectivity index (χ2v) is 15.8. The number of aliphatic carboxylic acids is 2. The van der Waals surface area contributed by atoms with Crippen LogP contribution in [0.4, 0.5) is 34.1 Å². The van der Waals surface area contributed by atoms with Gasteiger partial charge in [-0.15, -0.1) is 0 Å². The molecule has 0 unspecified atom stereocenters. The fraction of sp³-hybridized carbons (Fsp3) is 0.553. The van der Waals surface area contributed by atoms with Crippen molar-refractivity contribution in [3.63, 3.8) is 0 Å². The van der Waals surface area contributed by atoms with Crippen molar-refractivity contribution in [1.82, 2.24) is 19.6 Å². The number of likely N-dealkylation sites (tertiary alicyclic amines) is 3. The number of carboxylic acid groups (broad SMARTS) is 2. The monoisotopic (exact) mass is 806 g/mol. The lowest BCUT2D eigenvalue weighted by atomic mass is 9.77. The molecule has 0 saturated carbocycles. The van der Waals surface area contributed by atoms with Crippen LogP contribution in [0.15, 0.2) is 36.4 Å². The number of nitrogens with one attached hydrogen (secondary N) is 1. The Morgan fingerprint density at radius 1 is 0.982 bits per heavy atom. The Hall–Kier alpha value is -4.77. The number of halogens is 4. The summed E-state index contributed by atoms with van der Waals surface area (Å²) in [5.74, 6) is -2.77. The first-order chi connectivity index (χ1) is 26.4. The molecule has 0 aliphatic carbocycles. The van der Waals surface area contributed by atoms with Crippen LogP contribution in [0.1, 0.15) is 62.1 Å². The molecule has 303 valence electrons. The molecule has 1 radical (unpaired) electrons. The molecule has 6 rings (SSSR count). The Labute approximate surface area is 326 Å². The maximum Gasteiger partial charge on any atom is 0.418 e. The minimum Gasteiger partial charge on any atom is -0.481 e. The van der Waals surface area contributed by atoms with E-state index >= 15 is 0 Å². The minimum atomic E-state index is -4.86. The van der Waals surface area contributed by atoms with Crippen molar-refractivity contribution in [3.05, 3.63) is 58.1 Å². The predicted octanol–water partition coefficient (Wildman–Crippen LogP) is 5.01. The van der Waals surface area contributed by atoms with Crippen molar-refractivity contribution in [2.24, 2.45) is 5.41 Å². The molecule has 4 amide bonds. The lowest BCUT2D eigenvalue weighted by molar-refractivity contribution is -0.158. The number of nitrogens with zero attached hydrogens (tertiary/aromatic N) is 4. The van der Waals surface area contributed by atoms with Crippen LogP contribution in [0.2, 0.25) is 5.02 Å². The van der Waals surface area contributed by atoms with Gasteiger partial charge in [0.05, 0.1) is 21.7 Å². The van der Waals surface area contributed by atoms with E-state index in [0.29, 0.717) is 25.8 Å². The summed E-state index contributed by atoms with van der Waals surface area (Å²) in [7, 11) is 0. The van der Waals surface area contributed by atoms with Crippen LogP contribution in [0.5, 0.6) is 0 Å². The van der Waals surface area contributed by atoms with Crippen molar-refractivity contribution in [1.29, 1.82) is 0 Å². The van der Waals surface area contributed by atoms with Crippen LogP contribution in [-0.4, -0.2) is 118 Å². The first kappa shape index (κ1) is 40.9. The lowest BCUT2D eigenvalue weighted by Crippen LogP contribution is -2.66. The van der Waals surface area contributed by atoms with Gasteiger partial charge in [-0.25, -0.2) is 14.4 Å². The Balaban J connectivity index is 1.16. The number of hydrogen-bond acceptors (Lipinski definition) is 8. The predicted molar refractivity (Wildman–Crippen MR) is 198 cm³/mol.